The molecule has 0 saturated heterocycles. The van der Waals surface area contributed by atoms with Crippen LogP contribution in [-0.4, -0.2) is 42.9 Å². The summed E-state index contributed by atoms with van der Waals surface area (Å²) in [6.07, 6.45) is -1.03. The Bertz CT molecular complexity index is 1220. The zero-order valence-electron chi connectivity index (χ0n) is 16.8. The Balaban J connectivity index is 2.39. The number of aromatic nitrogens is 2. The lowest BCUT2D eigenvalue weighted by atomic mass is 9.94. The molecule has 1 aliphatic carbocycles. The van der Waals surface area contributed by atoms with E-state index in [9.17, 15) is 38.3 Å². The predicted molar refractivity (Wildman–Crippen MR) is 107 cm³/mol. The number of hydrogen-bond acceptors (Lipinski definition) is 5. The van der Waals surface area contributed by atoms with Gasteiger partial charge >= 0.3 is 16.2 Å². The Morgan fingerprint density at radius 1 is 1.21 bits per heavy atom. The van der Waals surface area contributed by atoms with E-state index in [1.165, 1.54) is 14.1 Å². The first kappa shape index (κ1) is 25.3. The van der Waals surface area contributed by atoms with Crippen LogP contribution in [0.1, 0.15) is 17.7 Å². The minimum atomic E-state index is -10.2. The Morgan fingerprint density at radius 2 is 1.70 bits per heavy atom. The number of rotatable bonds is 5. The van der Waals surface area contributed by atoms with E-state index in [4.69, 9.17) is 23.2 Å². The number of alkyl halides is 2. The first-order valence-corrected chi connectivity index (χ1v) is 11.3. The van der Waals surface area contributed by atoms with Gasteiger partial charge < -0.3 is 9.64 Å². The highest BCUT2D eigenvalue weighted by atomic mass is 35.5. The van der Waals surface area contributed by atoms with Crippen molar-refractivity contribution < 1.29 is 37.7 Å². The zero-order chi connectivity index (χ0) is 25.4. The van der Waals surface area contributed by atoms with E-state index in [1.54, 1.807) is 6.07 Å². The van der Waals surface area contributed by atoms with E-state index in [1.807, 2.05) is 0 Å². The third kappa shape index (κ3) is 3.85. The summed E-state index contributed by atoms with van der Waals surface area (Å²) < 4.78 is 100. The third-order valence-electron chi connectivity index (χ3n) is 4.99. The lowest BCUT2D eigenvalue weighted by Crippen LogP contribution is -2.31. The van der Waals surface area contributed by atoms with Crippen LogP contribution in [0.4, 0.5) is 34.0 Å². The molecule has 1 aliphatic rings. The van der Waals surface area contributed by atoms with Crippen LogP contribution in [0.25, 0.3) is 5.69 Å². The summed E-state index contributed by atoms with van der Waals surface area (Å²) in [5, 5.41) is 11.4. The molecule has 2 aromatic rings. The predicted octanol–water partition coefficient (Wildman–Crippen LogP) is 6.22. The van der Waals surface area contributed by atoms with Crippen molar-refractivity contribution >= 4 is 45.2 Å². The number of anilines is 1. The van der Waals surface area contributed by atoms with Gasteiger partial charge in [-0.15, -0.1) is 0 Å². The number of carbonyl (C=O) groups is 1. The molecule has 0 N–H and O–H groups in total. The quantitative estimate of drug-likeness (QED) is 0.332. The van der Waals surface area contributed by atoms with Gasteiger partial charge in [-0.1, -0.05) is 42.6 Å². The molecule has 1 saturated carbocycles. The van der Waals surface area contributed by atoms with Crippen molar-refractivity contribution in [3.05, 3.63) is 33.4 Å². The first-order chi connectivity index (χ1) is 14.7. The molecule has 16 heteroatoms. The van der Waals surface area contributed by atoms with Crippen LogP contribution in [0.15, 0.2) is 17.0 Å². The number of benzene rings is 1. The van der Waals surface area contributed by atoms with Crippen molar-refractivity contribution in [2.75, 3.05) is 26.1 Å². The van der Waals surface area contributed by atoms with Crippen molar-refractivity contribution in [1.82, 2.24) is 9.78 Å². The second-order valence-corrected chi connectivity index (χ2v) is 10.7. The number of carbonyl (C=O) groups excluding carboxylic acids is 1. The Kier molecular flexibility index (Phi) is 5.06. The monoisotopic (exact) mass is 540 g/mol. The summed E-state index contributed by atoms with van der Waals surface area (Å²) in [5.41, 5.74) is -4.46. The van der Waals surface area contributed by atoms with Crippen LogP contribution in [0.3, 0.4) is 0 Å². The average Bonchev–Trinajstić information content (AvgIpc) is 3.03. The molecule has 1 heterocycles. The maximum absolute atomic E-state index is 14.5. The molecule has 0 amide bonds. The Morgan fingerprint density at radius 3 is 2.03 bits per heavy atom. The van der Waals surface area contributed by atoms with Gasteiger partial charge in [0.1, 0.15) is 22.5 Å². The van der Waals surface area contributed by atoms with Crippen molar-refractivity contribution in [2.24, 2.45) is 0 Å². The van der Waals surface area contributed by atoms with Gasteiger partial charge in [-0.3, -0.25) is 4.79 Å². The minimum Gasteiger partial charge on any atom is -0.468 e. The summed E-state index contributed by atoms with van der Waals surface area (Å²) in [6.45, 7) is 0. The molecule has 0 aliphatic heterocycles. The standard InChI is InChI=1S/C17H13Cl2F7N4O2S/c1-29(2)14-12(16(15(31)32-3)7-17(16,20)21)11(6-27)28-30(14)13-9(18)4-8(5-10(13)19)33(22,23,24,25)26/h4-5H,7H2,1-3H3. The summed E-state index contributed by atoms with van der Waals surface area (Å²) in [4.78, 5) is 11.1. The number of methoxy groups -OCH3 is 1. The fraction of sp³-hybridized carbons (Fsp3) is 0.353. The Hall–Kier alpha value is -2.37. The van der Waals surface area contributed by atoms with Crippen LogP contribution in [0.5, 0.6) is 0 Å². The number of nitrogens with zero attached hydrogens (tertiary/aromatic N) is 4. The lowest BCUT2D eigenvalue weighted by Gasteiger charge is -2.40. The largest absolute Gasteiger partial charge is 0.468 e. The van der Waals surface area contributed by atoms with Crippen molar-refractivity contribution in [2.45, 2.75) is 22.7 Å². The zero-order valence-corrected chi connectivity index (χ0v) is 19.1. The van der Waals surface area contributed by atoms with Crippen molar-refractivity contribution in [1.29, 1.82) is 5.26 Å². The van der Waals surface area contributed by atoms with E-state index in [2.05, 4.69) is 9.84 Å². The number of esters is 1. The molecular weight excluding hydrogens is 528 g/mol. The molecule has 1 aromatic carbocycles. The molecule has 6 nitrogen and oxygen atoms in total. The summed E-state index contributed by atoms with van der Waals surface area (Å²) in [5.74, 6) is -5.37. The van der Waals surface area contributed by atoms with Gasteiger partial charge in [0.2, 0.25) is 0 Å². The first-order valence-electron chi connectivity index (χ1n) is 8.62. The van der Waals surface area contributed by atoms with Gasteiger partial charge in [0.05, 0.1) is 22.7 Å². The highest BCUT2D eigenvalue weighted by Gasteiger charge is 2.80. The van der Waals surface area contributed by atoms with Gasteiger partial charge in [0.15, 0.2) is 11.1 Å². The van der Waals surface area contributed by atoms with E-state index in [-0.39, 0.29) is 18.0 Å². The average molecular weight is 541 g/mol. The topological polar surface area (TPSA) is 71.1 Å². The van der Waals surface area contributed by atoms with Gasteiger partial charge in [0.25, 0.3) is 5.92 Å². The van der Waals surface area contributed by atoms with E-state index < -0.39 is 65.8 Å². The molecular formula is C17H13Cl2F7N4O2S. The smallest absolute Gasteiger partial charge is 0.322 e. The molecule has 1 unspecified atom stereocenters. The van der Waals surface area contributed by atoms with Crippen molar-refractivity contribution in [3.63, 3.8) is 0 Å². The molecule has 1 aromatic heterocycles. The molecule has 0 radical (unpaired) electrons. The second kappa shape index (κ2) is 6.61. The minimum absolute atomic E-state index is 0.0844. The molecule has 3 rings (SSSR count). The third-order valence-corrected chi connectivity index (χ3v) is 6.69. The highest BCUT2D eigenvalue weighted by Crippen LogP contribution is 3.02. The number of ether oxygens (including phenoxy) is 1. The molecule has 33 heavy (non-hydrogen) atoms. The second-order valence-electron chi connectivity index (χ2n) is 7.45. The molecule has 0 bridgehead atoms. The summed E-state index contributed by atoms with van der Waals surface area (Å²) in [6, 6.07) is 1.38. The number of halogens is 9. The molecule has 0 spiro atoms. The van der Waals surface area contributed by atoms with E-state index in [0.717, 1.165) is 12.0 Å². The maximum Gasteiger partial charge on any atom is 0.322 e. The summed E-state index contributed by atoms with van der Waals surface area (Å²) in [7, 11) is -6.71. The summed E-state index contributed by atoms with van der Waals surface area (Å²) >= 11 is 11.7. The van der Waals surface area contributed by atoms with Crippen LogP contribution in [0, 0.1) is 11.3 Å². The van der Waals surface area contributed by atoms with Crippen LogP contribution >= 0.6 is 33.4 Å². The SMILES string of the molecule is COC(=O)C1(c2c(C#N)nn(-c3c(Cl)cc(S(F)(F)(F)(F)F)cc3Cl)c2N(C)C)CC1(F)F. The van der Waals surface area contributed by atoms with Crippen LogP contribution < -0.4 is 4.90 Å². The van der Waals surface area contributed by atoms with Crippen LogP contribution in [-0.2, 0) is 14.9 Å². The van der Waals surface area contributed by atoms with E-state index >= 15 is 0 Å². The lowest BCUT2D eigenvalue weighted by molar-refractivity contribution is -0.146. The molecule has 1 atom stereocenters. The number of nitriles is 1. The van der Waals surface area contributed by atoms with Gasteiger partial charge in [-0.25, -0.2) is 13.5 Å². The van der Waals surface area contributed by atoms with Crippen molar-refractivity contribution in [3.8, 4) is 11.8 Å². The highest BCUT2D eigenvalue weighted by molar-refractivity contribution is 8.45. The fourth-order valence-electron chi connectivity index (χ4n) is 3.47. The fourth-order valence-corrected chi connectivity index (χ4v) is 4.93. The van der Waals surface area contributed by atoms with Gasteiger partial charge in [-0.05, 0) is 12.1 Å². The van der Waals surface area contributed by atoms with Crippen LogP contribution in [0.2, 0.25) is 10.0 Å². The molecule has 1 fully saturated rings. The normalized spacial score (nSPS) is 21.5. The number of hydrogen-bond donors (Lipinski definition) is 0. The van der Waals surface area contributed by atoms with E-state index in [0.29, 0.717) is 4.68 Å². The van der Waals surface area contributed by atoms with Gasteiger partial charge in [-0.2, -0.15) is 10.4 Å². The Labute approximate surface area is 192 Å². The molecule has 182 valence electrons. The maximum atomic E-state index is 14.5. The van der Waals surface area contributed by atoms with Gasteiger partial charge in [0, 0.05) is 20.5 Å².